The maximum absolute atomic E-state index is 10.9. The van der Waals surface area contributed by atoms with Gasteiger partial charge in [-0.05, 0) is 30.7 Å². The first-order chi connectivity index (χ1) is 8.26. The molecule has 94 valence electrons. The highest BCUT2D eigenvalue weighted by atomic mass is 32.2. The Bertz CT molecular complexity index is 335. The summed E-state index contributed by atoms with van der Waals surface area (Å²) in [5.41, 5.74) is 0. The zero-order valence-corrected chi connectivity index (χ0v) is 11.1. The lowest BCUT2D eigenvalue weighted by atomic mass is 10.3. The Labute approximate surface area is 106 Å². The van der Waals surface area contributed by atoms with E-state index in [1.54, 1.807) is 25.8 Å². The minimum Gasteiger partial charge on any atom is -0.497 e. The molecule has 0 spiro atoms. The van der Waals surface area contributed by atoms with Crippen molar-refractivity contribution < 1.29 is 14.3 Å². The predicted molar refractivity (Wildman–Crippen MR) is 69.6 cm³/mol. The molecular formula is C13H18O3S. The molecule has 0 saturated carbocycles. The van der Waals surface area contributed by atoms with E-state index in [0.717, 1.165) is 17.9 Å². The van der Waals surface area contributed by atoms with Crippen LogP contribution in [-0.4, -0.2) is 25.4 Å². The molecule has 0 unspecified atom stereocenters. The normalized spacial score (nSPS) is 10.0. The van der Waals surface area contributed by atoms with Crippen LogP contribution in [0, 0.1) is 0 Å². The Morgan fingerprint density at radius 1 is 1.29 bits per heavy atom. The van der Waals surface area contributed by atoms with Crippen LogP contribution in [-0.2, 0) is 9.53 Å². The first-order valence-corrected chi connectivity index (χ1v) is 6.67. The highest BCUT2D eigenvalue weighted by molar-refractivity contribution is 7.99. The van der Waals surface area contributed by atoms with Gasteiger partial charge in [0.05, 0.1) is 13.7 Å². The quantitative estimate of drug-likeness (QED) is 0.425. The van der Waals surface area contributed by atoms with Crippen LogP contribution in [0.2, 0.25) is 0 Å². The van der Waals surface area contributed by atoms with Crippen LogP contribution >= 0.6 is 11.8 Å². The molecule has 0 aliphatic carbocycles. The zero-order chi connectivity index (χ0) is 12.5. The second-order valence-corrected chi connectivity index (χ2v) is 4.62. The van der Waals surface area contributed by atoms with Crippen molar-refractivity contribution >= 4 is 17.7 Å². The third-order valence-corrected chi connectivity index (χ3v) is 3.27. The summed E-state index contributed by atoms with van der Waals surface area (Å²) in [6.07, 6.45) is 1.33. The van der Waals surface area contributed by atoms with E-state index < -0.39 is 0 Å². The molecule has 0 heterocycles. The first-order valence-electron chi connectivity index (χ1n) is 5.68. The van der Waals surface area contributed by atoms with Crippen LogP contribution in [0.5, 0.6) is 5.75 Å². The van der Waals surface area contributed by atoms with E-state index in [9.17, 15) is 4.79 Å². The van der Waals surface area contributed by atoms with Gasteiger partial charge in [0.15, 0.2) is 0 Å². The van der Waals surface area contributed by atoms with Gasteiger partial charge in [-0.1, -0.05) is 6.92 Å². The average Bonchev–Trinajstić information content (AvgIpc) is 2.38. The second kappa shape index (κ2) is 8.01. The molecule has 0 radical (unpaired) electrons. The lowest BCUT2D eigenvalue weighted by Gasteiger charge is -2.04. The summed E-state index contributed by atoms with van der Waals surface area (Å²) >= 11 is 1.75. The molecule has 3 nitrogen and oxygen atoms in total. The molecule has 4 heteroatoms. The highest BCUT2D eigenvalue weighted by Crippen LogP contribution is 2.21. The number of carbonyl (C=O) groups excluding carboxylic acids is 1. The SMILES string of the molecule is CCC(=O)OCCCSc1ccc(OC)cc1. The fourth-order valence-electron chi connectivity index (χ4n) is 1.21. The van der Waals surface area contributed by atoms with Gasteiger partial charge in [0.1, 0.15) is 5.75 Å². The Morgan fingerprint density at radius 2 is 2.00 bits per heavy atom. The van der Waals surface area contributed by atoms with Gasteiger partial charge >= 0.3 is 5.97 Å². The highest BCUT2D eigenvalue weighted by Gasteiger charge is 1.98. The van der Waals surface area contributed by atoms with E-state index in [4.69, 9.17) is 9.47 Å². The Morgan fingerprint density at radius 3 is 2.59 bits per heavy atom. The molecule has 1 aromatic carbocycles. The number of benzene rings is 1. The Hall–Kier alpha value is -1.16. The summed E-state index contributed by atoms with van der Waals surface area (Å²) in [5.74, 6) is 1.69. The maximum atomic E-state index is 10.9. The molecule has 0 aromatic heterocycles. The summed E-state index contributed by atoms with van der Waals surface area (Å²) in [6.45, 7) is 2.31. The summed E-state index contributed by atoms with van der Waals surface area (Å²) in [7, 11) is 1.66. The minimum absolute atomic E-state index is 0.126. The number of esters is 1. The van der Waals surface area contributed by atoms with Gasteiger partial charge in [-0.2, -0.15) is 0 Å². The maximum Gasteiger partial charge on any atom is 0.305 e. The van der Waals surface area contributed by atoms with E-state index >= 15 is 0 Å². The molecule has 0 fully saturated rings. The number of hydrogen-bond donors (Lipinski definition) is 0. The summed E-state index contributed by atoms with van der Waals surface area (Å²) in [5, 5.41) is 0. The lowest BCUT2D eigenvalue weighted by Crippen LogP contribution is -2.04. The smallest absolute Gasteiger partial charge is 0.305 e. The Balaban J connectivity index is 2.15. The molecular weight excluding hydrogens is 236 g/mol. The van der Waals surface area contributed by atoms with Crippen LogP contribution < -0.4 is 4.74 Å². The van der Waals surface area contributed by atoms with E-state index in [1.807, 2.05) is 24.3 Å². The van der Waals surface area contributed by atoms with Gasteiger partial charge in [-0.3, -0.25) is 4.79 Å². The number of rotatable bonds is 7. The second-order valence-electron chi connectivity index (χ2n) is 3.45. The standard InChI is InChI=1S/C13H18O3S/c1-3-13(14)16-9-4-10-17-12-7-5-11(15-2)6-8-12/h5-8H,3-4,9-10H2,1-2H3. The van der Waals surface area contributed by atoms with Crippen LogP contribution in [0.4, 0.5) is 0 Å². The number of ether oxygens (including phenoxy) is 2. The third kappa shape index (κ3) is 5.63. The molecule has 0 amide bonds. The van der Waals surface area contributed by atoms with Crippen molar-refractivity contribution in [3.05, 3.63) is 24.3 Å². The summed E-state index contributed by atoms with van der Waals surface area (Å²) in [6, 6.07) is 7.95. The fourth-order valence-corrected chi connectivity index (χ4v) is 2.04. The number of carbonyl (C=O) groups is 1. The average molecular weight is 254 g/mol. The Kier molecular flexibility index (Phi) is 6.55. The topological polar surface area (TPSA) is 35.5 Å². The van der Waals surface area contributed by atoms with Gasteiger partial charge in [-0.15, -0.1) is 11.8 Å². The van der Waals surface area contributed by atoms with Gasteiger partial charge in [-0.25, -0.2) is 0 Å². The van der Waals surface area contributed by atoms with Crippen molar-refractivity contribution in [3.63, 3.8) is 0 Å². The van der Waals surface area contributed by atoms with Crippen molar-refractivity contribution in [3.8, 4) is 5.75 Å². The molecule has 0 N–H and O–H groups in total. The van der Waals surface area contributed by atoms with Crippen molar-refractivity contribution in [2.75, 3.05) is 19.5 Å². The first kappa shape index (κ1) is 13.9. The lowest BCUT2D eigenvalue weighted by molar-refractivity contribution is -0.143. The van der Waals surface area contributed by atoms with Crippen molar-refractivity contribution in [1.82, 2.24) is 0 Å². The van der Waals surface area contributed by atoms with Crippen LogP contribution in [0.1, 0.15) is 19.8 Å². The number of hydrogen-bond acceptors (Lipinski definition) is 4. The molecule has 0 aliphatic heterocycles. The molecule has 1 aromatic rings. The third-order valence-electron chi connectivity index (χ3n) is 2.17. The fraction of sp³-hybridized carbons (Fsp3) is 0.462. The predicted octanol–water partition coefficient (Wildman–Crippen LogP) is 3.13. The number of thioether (sulfide) groups is 1. The monoisotopic (exact) mass is 254 g/mol. The molecule has 0 bridgehead atoms. The van der Waals surface area contributed by atoms with Crippen molar-refractivity contribution in [2.45, 2.75) is 24.7 Å². The van der Waals surface area contributed by atoms with Crippen molar-refractivity contribution in [1.29, 1.82) is 0 Å². The van der Waals surface area contributed by atoms with Crippen LogP contribution in [0.3, 0.4) is 0 Å². The van der Waals surface area contributed by atoms with Gasteiger partial charge in [0.2, 0.25) is 0 Å². The van der Waals surface area contributed by atoms with E-state index in [1.165, 1.54) is 4.90 Å². The largest absolute Gasteiger partial charge is 0.497 e. The van der Waals surface area contributed by atoms with E-state index in [2.05, 4.69) is 0 Å². The van der Waals surface area contributed by atoms with Gasteiger partial charge in [0.25, 0.3) is 0 Å². The van der Waals surface area contributed by atoms with Gasteiger partial charge < -0.3 is 9.47 Å². The van der Waals surface area contributed by atoms with Crippen LogP contribution in [0.25, 0.3) is 0 Å². The summed E-state index contributed by atoms with van der Waals surface area (Å²) < 4.78 is 10.1. The van der Waals surface area contributed by atoms with E-state index in [-0.39, 0.29) is 5.97 Å². The minimum atomic E-state index is -0.126. The molecule has 17 heavy (non-hydrogen) atoms. The van der Waals surface area contributed by atoms with Crippen molar-refractivity contribution in [2.24, 2.45) is 0 Å². The molecule has 0 atom stereocenters. The zero-order valence-electron chi connectivity index (χ0n) is 10.3. The van der Waals surface area contributed by atoms with Crippen LogP contribution in [0.15, 0.2) is 29.2 Å². The number of methoxy groups -OCH3 is 1. The summed E-state index contributed by atoms with van der Waals surface area (Å²) in [4.78, 5) is 12.1. The molecule has 0 saturated heterocycles. The molecule has 1 rings (SSSR count). The van der Waals surface area contributed by atoms with E-state index in [0.29, 0.717) is 13.0 Å². The van der Waals surface area contributed by atoms with Gasteiger partial charge in [0, 0.05) is 17.1 Å². The molecule has 0 aliphatic rings.